The van der Waals surface area contributed by atoms with Crippen LogP contribution in [0.15, 0.2) is 84.6 Å². The molecule has 0 aromatic heterocycles. The number of hydrogen-bond donors (Lipinski definition) is 0. The van der Waals surface area contributed by atoms with Crippen molar-refractivity contribution in [1.29, 1.82) is 0 Å². The first-order valence-electron chi connectivity index (χ1n) is 17.4. The molecule has 0 saturated carbocycles. The molecule has 1 saturated heterocycles. The van der Waals surface area contributed by atoms with Crippen LogP contribution in [0.1, 0.15) is 114 Å². The molecule has 0 unspecified atom stereocenters. The fourth-order valence-electron chi connectivity index (χ4n) is 9.52. The second kappa shape index (κ2) is 12.3. The summed E-state index contributed by atoms with van der Waals surface area (Å²) in [6, 6.07) is 19.7. The number of hydrogen-bond acceptors (Lipinski definition) is 1. The molecule has 0 spiro atoms. The molecule has 0 amide bonds. The molecule has 2 aromatic rings. The lowest BCUT2D eigenvalue weighted by molar-refractivity contribution is -0.562. The summed E-state index contributed by atoms with van der Waals surface area (Å²) in [5, 5.41) is 0. The molecule has 0 bridgehead atoms. The number of unbranched alkanes of at least 4 members (excludes halogenated alkanes) is 2. The van der Waals surface area contributed by atoms with Crippen molar-refractivity contribution in [3.05, 3.63) is 107 Å². The average Bonchev–Trinajstić information content (AvgIpc) is 3.37. The molecule has 2 aliphatic heterocycles. The van der Waals surface area contributed by atoms with Crippen molar-refractivity contribution in [2.75, 3.05) is 13.1 Å². The van der Waals surface area contributed by atoms with Crippen LogP contribution in [0.3, 0.4) is 0 Å². The number of benzene rings is 2. The zero-order valence-corrected chi connectivity index (χ0v) is 27.8. The Morgan fingerprint density at radius 1 is 0.767 bits per heavy atom. The fourth-order valence-corrected chi connectivity index (χ4v) is 9.52. The monoisotopic (exact) mass is 575 g/mol. The largest absolute Gasteiger partial charge is 0.371 e. The van der Waals surface area contributed by atoms with Crippen molar-refractivity contribution in [3.63, 3.8) is 0 Å². The van der Waals surface area contributed by atoms with Crippen LogP contribution in [0.5, 0.6) is 0 Å². The second-order valence-corrected chi connectivity index (χ2v) is 14.8. The van der Waals surface area contributed by atoms with Crippen molar-refractivity contribution < 1.29 is 4.58 Å². The Morgan fingerprint density at radius 3 is 2.12 bits per heavy atom. The Morgan fingerprint density at radius 2 is 1.42 bits per heavy atom. The predicted molar refractivity (Wildman–Crippen MR) is 183 cm³/mol. The lowest BCUT2D eigenvalue weighted by Gasteiger charge is -2.36. The Hall–Kier alpha value is -2.87. The third-order valence-corrected chi connectivity index (χ3v) is 11.5. The van der Waals surface area contributed by atoms with Gasteiger partial charge in [-0.05, 0) is 67.9 Å². The lowest BCUT2D eigenvalue weighted by atomic mass is 9.66. The van der Waals surface area contributed by atoms with E-state index in [1.165, 1.54) is 75.9 Å². The number of allylic oxidation sites excluding steroid dienone is 6. The molecule has 43 heavy (non-hydrogen) atoms. The molecule has 4 atom stereocenters. The molecule has 0 N–H and O–H groups in total. The van der Waals surface area contributed by atoms with E-state index in [0.717, 1.165) is 0 Å². The van der Waals surface area contributed by atoms with Crippen molar-refractivity contribution in [2.24, 2.45) is 10.8 Å². The van der Waals surface area contributed by atoms with Crippen LogP contribution in [-0.2, 0) is 12.8 Å². The number of likely N-dealkylation sites (tertiary alicyclic amines) is 1. The Labute approximate surface area is 262 Å². The molecule has 2 aromatic carbocycles. The predicted octanol–water partition coefficient (Wildman–Crippen LogP) is 9.62. The first-order chi connectivity index (χ1) is 20.8. The van der Waals surface area contributed by atoms with Crippen molar-refractivity contribution in [1.82, 2.24) is 4.90 Å². The standard InChI is InChI=1S/C41H55N2/c1-7-9-28-42-34-26-24-30-18-14-16-20-32(30)38(34)40(3,4)36(42)22-12-11-13-23-37-41(5,6)39-33-21-17-15-19-31(33)25-27-35(39)43(37)29-10-8-2/h11-23,34-35,38-39H,7-10,24-29H2,1-6H3/q+1/t34-,35+,38+,39-. The summed E-state index contributed by atoms with van der Waals surface area (Å²) in [7, 11) is 0. The average molecular weight is 576 g/mol. The first-order valence-corrected chi connectivity index (χ1v) is 17.4. The van der Waals surface area contributed by atoms with Gasteiger partial charge in [-0.15, -0.1) is 0 Å². The van der Waals surface area contributed by atoms with E-state index < -0.39 is 0 Å². The summed E-state index contributed by atoms with van der Waals surface area (Å²) in [6.07, 6.45) is 21.8. The van der Waals surface area contributed by atoms with Gasteiger partial charge >= 0.3 is 0 Å². The number of rotatable bonds is 9. The highest BCUT2D eigenvalue weighted by Gasteiger charge is 2.56. The molecule has 0 radical (unpaired) electrons. The zero-order valence-electron chi connectivity index (χ0n) is 27.8. The number of aryl methyl sites for hydroxylation is 2. The summed E-state index contributed by atoms with van der Waals surface area (Å²) in [4.78, 5) is 2.79. The van der Waals surface area contributed by atoms with Crippen LogP contribution in [0.4, 0.5) is 0 Å². The van der Waals surface area contributed by atoms with Crippen molar-refractivity contribution in [2.45, 2.75) is 117 Å². The maximum atomic E-state index is 2.79. The lowest BCUT2D eigenvalue weighted by Crippen LogP contribution is -2.35. The highest BCUT2D eigenvalue weighted by Crippen LogP contribution is 2.57. The minimum Gasteiger partial charge on any atom is -0.371 e. The molecule has 2 nitrogen and oxygen atoms in total. The maximum absolute atomic E-state index is 2.79. The molecular weight excluding hydrogens is 520 g/mol. The zero-order chi connectivity index (χ0) is 30.2. The van der Waals surface area contributed by atoms with Crippen molar-refractivity contribution >= 4 is 5.71 Å². The second-order valence-electron chi connectivity index (χ2n) is 14.8. The van der Waals surface area contributed by atoms with Gasteiger partial charge in [0.25, 0.3) is 0 Å². The molecule has 6 rings (SSSR count). The molecule has 2 aliphatic carbocycles. The molecule has 228 valence electrons. The maximum Gasteiger partial charge on any atom is 0.182 e. The van der Waals surface area contributed by atoms with Gasteiger partial charge in [-0.25, -0.2) is 4.58 Å². The normalized spacial score (nSPS) is 28.0. The first kappa shape index (κ1) is 30.2. The summed E-state index contributed by atoms with van der Waals surface area (Å²) in [5.74, 6) is 1.13. The van der Waals surface area contributed by atoms with Gasteiger partial charge in [0.2, 0.25) is 0 Å². The van der Waals surface area contributed by atoms with Gasteiger partial charge < -0.3 is 4.90 Å². The molecule has 2 heterocycles. The van der Waals surface area contributed by atoms with Crippen LogP contribution < -0.4 is 0 Å². The highest BCUT2D eigenvalue weighted by atomic mass is 15.2. The van der Waals surface area contributed by atoms with Gasteiger partial charge in [-0.1, -0.05) is 107 Å². The van der Waals surface area contributed by atoms with Gasteiger partial charge in [0.1, 0.15) is 6.54 Å². The molecular formula is C41H55N2+. The Kier molecular flexibility index (Phi) is 8.60. The summed E-state index contributed by atoms with van der Waals surface area (Å²) in [6.45, 7) is 17.0. The van der Waals surface area contributed by atoms with Crippen LogP contribution in [-0.4, -0.2) is 40.4 Å². The van der Waals surface area contributed by atoms with Gasteiger partial charge in [-0.3, -0.25) is 0 Å². The minimum absolute atomic E-state index is 0.116. The van der Waals surface area contributed by atoms with Crippen molar-refractivity contribution in [3.8, 4) is 0 Å². The van der Waals surface area contributed by atoms with E-state index >= 15 is 0 Å². The SMILES string of the molecule is CCCCN1/C(=C/C=C/C=C/C2=[N+](CCCC)[C@@H]3CCc4ccccc4[C@@H]3C2(C)C)C(C)(C)[C@@H]2c3ccccc3CC[C@@H]21. The third kappa shape index (κ3) is 5.27. The fraction of sp³-hybridized carbons (Fsp3) is 0.537. The summed E-state index contributed by atoms with van der Waals surface area (Å²) in [5.41, 5.74) is 9.60. The van der Waals surface area contributed by atoms with E-state index in [1.807, 2.05) is 0 Å². The number of fused-ring (bicyclic) bond motifs is 6. The topological polar surface area (TPSA) is 6.25 Å². The van der Waals surface area contributed by atoms with E-state index in [4.69, 9.17) is 0 Å². The van der Waals surface area contributed by atoms with Gasteiger partial charge in [0, 0.05) is 48.5 Å². The van der Waals surface area contributed by atoms with E-state index in [-0.39, 0.29) is 10.8 Å². The quantitative estimate of drug-likeness (QED) is 0.213. The van der Waals surface area contributed by atoms with Gasteiger partial charge in [0.05, 0.1) is 11.3 Å². The Balaban J connectivity index is 1.29. The van der Waals surface area contributed by atoms with Crippen LogP contribution in [0, 0.1) is 10.8 Å². The molecule has 4 aliphatic rings. The van der Waals surface area contributed by atoms with Crippen LogP contribution >= 0.6 is 0 Å². The van der Waals surface area contributed by atoms with E-state index in [1.54, 1.807) is 22.3 Å². The third-order valence-electron chi connectivity index (χ3n) is 11.5. The summed E-state index contributed by atoms with van der Waals surface area (Å²) >= 11 is 0. The van der Waals surface area contributed by atoms with E-state index in [0.29, 0.717) is 23.9 Å². The van der Waals surface area contributed by atoms with E-state index in [9.17, 15) is 0 Å². The van der Waals surface area contributed by atoms with Crippen LogP contribution in [0.2, 0.25) is 0 Å². The highest BCUT2D eigenvalue weighted by molar-refractivity contribution is 5.97. The Bertz CT molecular complexity index is 1430. The minimum atomic E-state index is 0.116. The number of nitrogens with zero attached hydrogens (tertiary/aromatic N) is 2. The van der Waals surface area contributed by atoms with Gasteiger partial charge in [0.15, 0.2) is 11.8 Å². The smallest absolute Gasteiger partial charge is 0.182 e. The summed E-state index contributed by atoms with van der Waals surface area (Å²) < 4.78 is 2.79. The van der Waals surface area contributed by atoms with Gasteiger partial charge in [-0.2, -0.15) is 0 Å². The molecule has 1 fully saturated rings. The van der Waals surface area contributed by atoms with Crippen LogP contribution in [0.25, 0.3) is 0 Å². The van der Waals surface area contributed by atoms with E-state index in [2.05, 4.69) is 130 Å². The molecule has 2 heteroatoms.